The molecule has 0 unspecified atom stereocenters. The van der Waals surface area contributed by atoms with Crippen LogP contribution in [0.4, 0.5) is 10.2 Å². The normalized spacial score (nSPS) is 20.9. The quantitative estimate of drug-likeness (QED) is 0.730. The number of pyridine rings is 2. The lowest BCUT2D eigenvalue weighted by Crippen LogP contribution is -2.26. The van der Waals surface area contributed by atoms with Gasteiger partial charge in [0, 0.05) is 31.2 Å². The van der Waals surface area contributed by atoms with Crippen LogP contribution in [0, 0.1) is 11.7 Å². The molecule has 1 atom stereocenters. The highest BCUT2D eigenvalue weighted by Gasteiger charge is 2.33. The van der Waals surface area contributed by atoms with Crippen LogP contribution in [-0.4, -0.2) is 53.1 Å². The fourth-order valence-electron chi connectivity index (χ4n) is 3.60. The number of aromatic carboxylic acids is 1. The molecule has 1 aliphatic heterocycles. The van der Waals surface area contributed by atoms with Crippen molar-refractivity contribution < 1.29 is 19.1 Å². The first-order valence-corrected chi connectivity index (χ1v) is 8.98. The third-order valence-corrected chi connectivity index (χ3v) is 5.17. The Bertz CT molecular complexity index is 1050. The summed E-state index contributed by atoms with van der Waals surface area (Å²) in [7, 11) is 1.44. The van der Waals surface area contributed by atoms with Crippen LogP contribution in [0.1, 0.15) is 29.2 Å². The van der Waals surface area contributed by atoms with E-state index in [2.05, 4.69) is 10.1 Å². The molecular weight excluding hydrogens is 369 g/mol. The summed E-state index contributed by atoms with van der Waals surface area (Å²) in [5, 5.41) is 13.2. The molecule has 2 aromatic rings. The van der Waals surface area contributed by atoms with Gasteiger partial charge < -0.3 is 25.1 Å². The van der Waals surface area contributed by atoms with Crippen LogP contribution >= 0.6 is 0 Å². The van der Waals surface area contributed by atoms with Crippen molar-refractivity contribution >= 4 is 28.5 Å². The second kappa shape index (κ2) is 6.86. The van der Waals surface area contributed by atoms with E-state index in [0.717, 1.165) is 18.9 Å². The summed E-state index contributed by atoms with van der Waals surface area (Å²) in [6.45, 7) is 1.07. The number of carbonyl (C=O) groups is 1. The Kier molecular flexibility index (Phi) is 4.50. The van der Waals surface area contributed by atoms with Gasteiger partial charge in [-0.15, -0.1) is 0 Å². The highest BCUT2D eigenvalue weighted by Crippen LogP contribution is 2.37. The molecule has 3 N–H and O–H groups in total. The monoisotopic (exact) mass is 389 g/mol. The lowest BCUT2D eigenvalue weighted by Gasteiger charge is -2.19. The number of hydrogen-bond donors (Lipinski definition) is 2. The summed E-state index contributed by atoms with van der Waals surface area (Å²) in [6.07, 6.45) is 3.02. The number of nitrogens with two attached hydrogens (primary N) is 1. The summed E-state index contributed by atoms with van der Waals surface area (Å²) in [5.74, 6) is -2.03. The van der Waals surface area contributed by atoms with E-state index < -0.39 is 17.2 Å². The number of anilines is 1. The van der Waals surface area contributed by atoms with Gasteiger partial charge in [-0.25, -0.2) is 14.2 Å². The maximum absolute atomic E-state index is 14.9. The second-order valence-corrected chi connectivity index (χ2v) is 7.06. The van der Waals surface area contributed by atoms with Crippen LogP contribution in [0.15, 0.2) is 22.2 Å². The Hall–Kier alpha value is -3.01. The summed E-state index contributed by atoms with van der Waals surface area (Å²) in [5.41, 5.74) is 5.65. The highest BCUT2D eigenvalue weighted by molar-refractivity contribution is 5.95. The predicted octanol–water partition coefficient (Wildman–Crippen LogP) is 0.966. The first kappa shape index (κ1) is 18.4. The van der Waals surface area contributed by atoms with Gasteiger partial charge in [0.05, 0.1) is 17.6 Å². The van der Waals surface area contributed by atoms with Crippen molar-refractivity contribution in [2.45, 2.75) is 18.9 Å². The van der Waals surface area contributed by atoms with E-state index in [-0.39, 0.29) is 34.4 Å². The zero-order chi connectivity index (χ0) is 20.0. The standard InChI is InChI=1S/C18H20FN5O4/c1-28-22-14-8-23(6-9(14)5-20)17-13(19)4-11-15(25)12(18(26)27)7-24(10-2-3-10)16(11)21-17/h4,7,9-10H,2-3,5-6,8,20H2,1H3,(H,26,27)/t9-/m1/s1. The molecule has 9 nitrogen and oxygen atoms in total. The van der Waals surface area contributed by atoms with E-state index >= 15 is 0 Å². The number of aromatic nitrogens is 2. The average Bonchev–Trinajstić information content (AvgIpc) is 3.42. The van der Waals surface area contributed by atoms with Crippen LogP contribution in [0.2, 0.25) is 0 Å². The molecular formula is C18H20FN5O4. The SMILES string of the molecule is CON=C1CN(c2nc3c(cc2F)c(=O)c(C(=O)O)cn3C2CC2)C[C@H]1CN. The molecule has 3 heterocycles. The van der Waals surface area contributed by atoms with Gasteiger partial charge in [0.25, 0.3) is 0 Å². The van der Waals surface area contributed by atoms with Crippen molar-refractivity contribution in [1.29, 1.82) is 0 Å². The Morgan fingerprint density at radius 3 is 2.86 bits per heavy atom. The maximum atomic E-state index is 14.9. The first-order valence-electron chi connectivity index (χ1n) is 8.98. The lowest BCUT2D eigenvalue weighted by molar-refractivity contribution is 0.0695. The predicted molar refractivity (Wildman–Crippen MR) is 100 cm³/mol. The van der Waals surface area contributed by atoms with E-state index in [1.807, 2.05) is 0 Å². The van der Waals surface area contributed by atoms with Crippen molar-refractivity contribution in [3.05, 3.63) is 33.9 Å². The van der Waals surface area contributed by atoms with Crippen molar-refractivity contribution in [2.24, 2.45) is 16.8 Å². The number of halogens is 1. The van der Waals surface area contributed by atoms with Gasteiger partial charge in [0.15, 0.2) is 11.6 Å². The summed E-state index contributed by atoms with van der Waals surface area (Å²) in [4.78, 5) is 34.9. The van der Waals surface area contributed by atoms with E-state index in [4.69, 9.17) is 10.6 Å². The Balaban J connectivity index is 1.86. The summed E-state index contributed by atoms with van der Waals surface area (Å²) in [6, 6.07) is 1.14. The summed E-state index contributed by atoms with van der Waals surface area (Å²) < 4.78 is 16.5. The van der Waals surface area contributed by atoms with E-state index in [1.165, 1.54) is 13.3 Å². The Morgan fingerprint density at radius 2 is 2.25 bits per heavy atom. The first-order chi connectivity index (χ1) is 13.4. The van der Waals surface area contributed by atoms with Crippen molar-refractivity contribution in [2.75, 3.05) is 31.6 Å². The number of carboxylic acid groups (broad SMARTS) is 1. The van der Waals surface area contributed by atoms with Gasteiger partial charge in [-0.05, 0) is 18.9 Å². The number of hydrogen-bond acceptors (Lipinski definition) is 7. The number of nitrogens with zero attached hydrogens (tertiary/aromatic N) is 4. The van der Waals surface area contributed by atoms with Crippen LogP contribution < -0.4 is 16.1 Å². The topological polar surface area (TPSA) is 123 Å². The highest BCUT2D eigenvalue weighted by atomic mass is 19.1. The zero-order valence-electron chi connectivity index (χ0n) is 15.3. The van der Waals surface area contributed by atoms with Crippen LogP contribution in [0.25, 0.3) is 11.0 Å². The number of fused-ring (bicyclic) bond motifs is 1. The van der Waals surface area contributed by atoms with Gasteiger partial charge in [-0.1, -0.05) is 5.16 Å². The molecule has 0 aromatic carbocycles. The molecule has 1 aliphatic carbocycles. The van der Waals surface area contributed by atoms with E-state index in [9.17, 15) is 19.1 Å². The van der Waals surface area contributed by atoms with Crippen molar-refractivity contribution in [3.63, 3.8) is 0 Å². The summed E-state index contributed by atoms with van der Waals surface area (Å²) >= 11 is 0. The molecule has 1 saturated carbocycles. The minimum Gasteiger partial charge on any atom is -0.477 e. The number of rotatable bonds is 5. The molecule has 2 aliphatic rings. The molecule has 28 heavy (non-hydrogen) atoms. The molecule has 4 rings (SSSR count). The van der Waals surface area contributed by atoms with Crippen LogP contribution in [0.5, 0.6) is 0 Å². The lowest BCUT2D eigenvalue weighted by atomic mass is 10.1. The third-order valence-electron chi connectivity index (χ3n) is 5.17. The fourth-order valence-corrected chi connectivity index (χ4v) is 3.60. The molecule has 2 aromatic heterocycles. The Labute approximate surface area is 159 Å². The minimum atomic E-state index is -1.34. The van der Waals surface area contributed by atoms with E-state index in [0.29, 0.717) is 25.3 Å². The van der Waals surface area contributed by atoms with Gasteiger partial charge in [-0.2, -0.15) is 0 Å². The van der Waals surface area contributed by atoms with E-state index in [1.54, 1.807) is 9.47 Å². The molecule has 148 valence electrons. The van der Waals surface area contributed by atoms with Gasteiger partial charge in [0.2, 0.25) is 5.43 Å². The zero-order valence-corrected chi connectivity index (χ0v) is 15.3. The van der Waals surface area contributed by atoms with Gasteiger partial charge in [-0.3, -0.25) is 4.79 Å². The maximum Gasteiger partial charge on any atom is 0.341 e. The second-order valence-electron chi connectivity index (χ2n) is 7.06. The van der Waals surface area contributed by atoms with Crippen LogP contribution in [-0.2, 0) is 4.84 Å². The molecule has 0 spiro atoms. The third kappa shape index (κ3) is 2.99. The number of carboxylic acids is 1. The van der Waals surface area contributed by atoms with Crippen molar-refractivity contribution in [3.8, 4) is 0 Å². The molecule has 1 saturated heterocycles. The average molecular weight is 389 g/mol. The fraction of sp³-hybridized carbons (Fsp3) is 0.444. The molecule has 0 bridgehead atoms. The van der Waals surface area contributed by atoms with Crippen LogP contribution in [0.3, 0.4) is 0 Å². The smallest absolute Gasteiger partial charge is 0.341 e. The van der Waals surface area contributed by atoms with Gasteiger partial charge in [0.1, 0.15) is 18.3 Å². The molecule has 2 fully saturated rings. The largest absolute Gasteiger partial charge is 0.477 e. The molecule has 10 heteroatoms. The molecule has 0 amide bonds. The van der Waals surface area contributed by atoms with Crippen molar-refractivity contribution in [1.82, 2.24) is 9.55 Å². The number of oxime groups is 1. The van der Waals surface area contributed by atoms with Gasteiger partial charge >= 0.3 is 5.97 Å². The Morgan fingerprint density at radius 1 is 1.50 bits per heavy atom. The minimum absolute atomic E-state index is 0.0339. The molecule has 0 radical (unpaired) electrons.